The van der Waals surface area contributed by atoms with Gasteiger partial charge in [-0.3, -0.25) is 4.79 Å². The van der Waals surface area contributed by atoms with Crippen LogP contribution < -0.4 is 5.32 Å². The predicted molar refractivity (Wildman–Crippen MR) is 71.8 cm³/mol. The molecular weight excluding hydrogens is 242 g/mol. The number of benzene rings is 1. The van der Waals surface area contributed by atoms with Gasteiger partial charge in [0.1, 0.15) is 6.04 Å². The summed E-state index contributed by atoms with van der Waals surface area (Å²) in [5, 5.41) is 2.71. The van der Waals surface area contributed by atoms with Gasteiger partial charge < -0.3 is 10.1 Å². The quantitative estimate of drug-likeness (QED) is 0.843. The number of esters is 1. The number of carbonyl (C=O) groups excluding carboxylic acids is 2. The molecule has 0 radical (unpaired) electrons. The minimum Gasteiger partial charge on any atom is -0.464 e. The molecule has 1 fully saturated rings. The average Bonchev–Trinajstić information content (AvgIpc) is 2.74. The topological polar surface area (TPSA) is 55.4 Å². The minimum absolute atomic E-state index is 0.213. The molecule has 0 aliphatic carbocycles. The monoisotopic (exact) mass is 261 g/mol. The Morgan fingerprint density at radius 1 is 1.47 bits per heavy atom. The van der Waals surface area contributed by atoms with E-state index < -0.39 is 6.04 Å². The Kier molecular flexibility index (Phi) is 4.20. The van der Waals surface area contributed by atoms with Crippen molar-refractivity contribution in [1.29, 1.82) is 0 Å². The van der Waals surface area contributed by atoms with Gasteiger partial charge in [-0.15, -0.1) is 0 Å². The third kappa shape index (κ3) is 3.56. The number of cyclic esters (lactones) is 1. The maximum Gasteiger partial charge on any atom is 0.328 e. The van der Waals surface area contributed by atoms with E-state index in [0.29, 0.717) is 24.5 Å². The Bertz CT molecular complexity index is 482. The van der Waals surface area contributed by atoms with Crippen LogP contribution in [0.3, 0.4) is 0 Å². The van der Waals surface area contributed by atoms with Gasteiger partial charge in [0.25, 0.3) is 5.91 Å². The highest BCUT2D eigenvalue weighted by atomic mass is 16.5. The van der Waals surface area contributed by atoms with Gasteiger partial charge in [-0.05, 0) is 30.0 Å². The van der Waals surface area contributed by atoms with Crippen molar-refractivity contribution in [2.75, 3.05) is 6.61 Å². The Morgan fingerprint density at radius 3 is 2.89 bits per heavy atom. The maximum atomic E-state index is 12.1. The lowest BCUT2D eigenvalue weighted by Crippen LogP contribution is -2.37. The Hall–Kier alpha value is -1.84. The van der Waals surface area contributed by atoms with Gasteiger partial charge >= 0.3 is 5.97 Å². The van der Waals surface area contributed by atoms with Gasteiger partial charge in [0, 0.05) is 12.0 Å². The molecule has 2 rings (SSSR count). The molecule has 0 saturated carbocycles. The molecule has 0 spiro atoms. The second-order valence-corrected chi connectivity index (χ2v) is 5.28. The minimum atomic E-state index is -0.499. The average molecular weight is 261 g/mol. The lowest BCUT2D eigenvalue weighted by Gasteiger charge is -2.10. The van der Waals surface area contributed by atoms with Crippen LogP contribution in [0.1, 0.15) is 36.2 Å². The van der Waals surface area contributed by atoms with Crippen LogP contribution in [-0.2, 0) is 16.0 Å². The van der Waals surface area contributed by atoms with E-state index >= 15 is 0 Å². The van der Waals surface area contributed by atoms with Crippen LogP contribution in [0.25, 0.3) is 0 Å². The van der Waals surface area contributed by atoms with Gasteiger partial charge in [-0.1, -0.05) is 26.0 Å². The third-order valence-electron chi connectivity index (χ3n) is 3.07. The lowest BCUT2D eigenvalue weighted by atomic mass is 10.0. The van der Waals surface area contributed by atoms with Crippen LogP contribution >= 0.6 is 0 Å². The first-order valence-electron chi connectivity index (χ1n) is 6.62. The Balaban J connectivity index is 2.04. The normalized spacial score (nSPS) is 18.5. The summed E-state index contributed by atoms with van der Waals surface area (Å²) in [6.45, 7) is 4.67. The number of nitrogens with one attached hydrogen (secondary N) is 1. The van der Waals surface area contributed by atoms with Crippen molar-refractivity contribution in [3.05, 3.63) is 35.4 Å². The fourth-order valence-electron chi connectivity index (χ4n) is 2.18. The zero-order valence-electron chi connectivity index (χ0n) is 11.3. The fraction of sp³-hybridized carbons (Fsp3) is 0.467. The molecule has 1 aliphatic heterocycles. The van der Waals surface area contributed by atoms with Crippen LogP contribution in [-0.4, -0.2) is 24.5 Å². The summed E-state index contributed by atoms with van der Waals surface area (Å²) in [5.74, 6) is -0.00994. The van der Waals surface area contributed by atoms with Gasteiger partial charge in [-0.2, -0.15) is 0 Å². The van der Waals surface area contributed by atoms with Crippen molar-refractivity contribution in [3.8, 4) is 0 Å². The Labute approximate surface area is 113 Å². The van der Waals surface area contributed by atoms with E-state index in [1.807, 2.05) is 18.2 Å². The molecule has 1 aromatic carbocycles. The molecule has 1 aromatic rings. The second kappa shape index (κ2) is 5.87. The van der Waals surface area contributed by atoms with Gasteiger partial charge in [-0.25, -0.2) is 4.79 Å². The van der Waals surface area contributed by atoms with E-state index in [1.54, 1.807) is 6.07 Å². The number of hydrogen-bond donors (Lipinski definition) is 1. The fourth-order valence-corrected chi connectivity index (χ4v) is 2.18. The van der Waals surface area contributed by atoms with Crippen LogP contribution in [0.4, 0.5) is 0 Å². The molecule has 4 nitrogen and oxygen atoms in total. The molecule has 1 amide bonds. The SMILES string of the molecule is CC(C)Cc1cccc(C(=O)N[C@H]2CCOC2=O)c1. The van der Waals surface area contributed by atoms with Crippen LogP contribution in [0.15, 0.2) is 24.3 Å². The van der Waals surface area contributed by atoms with Gasteiger partial charge in [0.05, 0.1) is 6.61 Å². The van der Waals surface area contributed by atoms with E-state index in [4.69, 9.17) is 4.74 Å². The number of carbonyl (C=O) groups is 2. The highest BCUT2D eigenvalue weighted by Gasteiger charge is 2.28. The molecule has 0 unspecified atom stereocenters. The van der Waals surface area contributed by atoms with Crippen molar-refractivity contribution in [2.24, 2.45) is 5.92 Å². The molecule has 1 N–H and O–H groups in total. The summed E-state index contributed by atoms with van der Waals surface area (Å²) in [6.07, 6.45) is 1.49. The highest BCUT2D eigenvalue weighted by Crippen LogP contribution is 2.12. The van der Waals surface area contributed by atoms with Crippen LogP contribution in [0.5, 0.6) is 0 Å². The lowest BCUT2D eigenvalue weighted by molar-refractivity contribution is -0.139. The molecule has 0 bridgehead atoms. The summed E-state index contributed by atoms with van der Waals surface area (Å²) in [5.41, 5.74) is 1.73. The standard InChI is InChI=1S/C15H19NO3/c1-10(2)8-11-4-3-5-12(9-11)14(17)16-13-6-7-19-15(13)18/h3-5,9-10,13H,6-8H2,1-2H3,(H,16,17)/t13-/m0/s1. The van der Waals surface area contributed by atoms with E-state index in [-0.39, 0.29) is 11.9 Å². The highest BCUT2D eigenvalue weighted by molar-refractivity contribution is 5.97. The second-order valence-electron chi connectivity index (χ2n) is 5.28. The van der Waals surface area contributed by atoms with E-state index in [9.17, 15) is 9.59 Å². The van der Waals surface area contributed by atoms with Crippen LogP contribution in [0.2, 0.25) is 0 Å². The van der Waals surface area contributed by atoms with Crippen LogP contribution in [0, 0.1) is 5.92 Å². The largest absolute Gasteiger partial charge is 0.464 e. The molecule has 102 valence electrons. The van der Waals surface area contributed by atoms with Gasteiger partial charge in [0.2, 0.25) is 0 Å². The molecule has 1 heterocycles. The third-order valence-corrected chi connectivity index (χ3v) is 3.07. The Morgan fingerprint density at radius 2 is 2.26 bits per heavy atom. The predicted octanol–water partition coefficient (Wildman–Crippen LogP) is 1.93. The van der Waals surface area contributed by atoms with Crippen molar-refractivity contribution >= 4 is 11.9 Å². The molecule has 0 aromatic heterocycles. The summed E-state index contributed by atoms with van der Waals surface area (Å²) in [4.78, 5) is 23.4. The first-order chi connectivity index (χ1) is 9.06. The zero-order chi connectivity index (χ0) is 13.8. The molecular formula is C15H19NO3. The number of amides is 1. The molecule has 1 saturated heterocycles. The van der Waals surface area contributed by atoms with Crippen molar-refractivity contribution in [3.63, 3.8) is 0 Å². The van der Waals surface area contributed by atoms with Crippen molar-refractivity contribution < 1.29 is 14.3 Å². The summed E-state index contributed by atoms with van der Waals surface area (Å²) >= 11 is 0. The first-order valence-corrected chi connectivity index (χ1v) is 6.62. The molecule has 4 heteroatoms. The number of rotatable bonds is 4. The van der Waals surface area contributed by atoms with E-state index in [0.717, 1.165) is 12.0 Å². The summed E-state index contributed by atoms with van der Waals surface area (Å²) in [7, 11) is 0. The zero-order valence-corrected chi connectivity index (χ0v) is 11.3. The van der Waals surface area contributed by atoms with E-state index in [1.165, 1.54) is 0 Å². The number of ether oxygens (including phenoxy) is 1. The van der Waals surface area contributed by atoms with Crippen molar-refractivity contribution in [2.45, 2.75) is 32.7 Å². The molecule has 19 heavy (non-hydrogen) atoms. The smallest absolute Gasteiger partial charge is 0.328 e. The molecule has 1 aliphatic rings. The van der Waals surface area contributed by atoms with E-state index in [2.05, 4.69) is 19.2 Å². The summed E-state index contributed by atoms with van der Waals surface area (Å²) < 4.78 is 4.82. The van der Waals surface area contributed by atoms with Crippen molar-refractivity contribution in [1.82, 2.24) is 5.32 Å². The molecule has 1 atom stereocenters. The maximum absolute atomic E-state index is 12.1. The summed E-state index contributed by atoms with van der Waals surface area (Å²) in [6, 6.07) is 7.04. The van der Waals surface area contributed by atoms with Gasteiger partial charge in [0.15, 0.2) is 0 Å². The number of hydrogen-bond acceptors (Lipinski definition) is 3. The first kappa shape index (κ1) is 13.6.